The van der Waals surface area contributed by atoms with Crippen LogP contribution in [0.5, 0.6) is 0 Å². The van der Waals surface area contributed by atoms with E-state index < -0.39 is 10.0 Å². The lowest BCUT2D eigenvalue weighted by Crippen LogP contribution is -2.48. The minimum atomic E-state index is -3.54. The molecule has 0 saturated carbocycles. The Morgan fingerprint density at radius 3 is 2.67 bits per heavy atom. The van der Waals surface area contributed by atoms with Crippen molar-refractivity contribution in [2.75, 3.05) is 26.2 Å². The van der Waals surface area contributed by atoms with E-state index in [1.54, 1.807) is 4.31 Å². The van der Waals surface area contributed by atoms with E-state index in [1.807, 2.05) is 0 Å². The normalized spacial score (nSPS) is 25.3. The predicted molar refractivity (Wildman–Crippen MR) is 81.8 cm³/mol. The van der Waals surface area contributed by atoms with Gasteiger partial charge in [0.15, 0.2) is 0 Å². The lowest BCUT2D eigenvalue weighted by atomic mass is 10.1. The molecule has 2 saturated heterocycles. The van der Waals surface area contributed by atoms with E-state index in [2.05, 4.69) is 9.88 Å². The number of aromatic nitrogens is 1. The summed E-state index contributed by atoms with van der Waals surface area (Å²) in [5.74, 6) is 0. The molecule has 5 nitrogen and oxygen atoms in total. The lowest BCUT2D eigenvalue weighted by Gasteiger charge is -2.36. The smallest absolute Gasteiger partial charge is 0.246 e. The van der Waals surface area contributed by atoms with Crippen LogP contribution in [0, 0.1) is 0 Å². The van der Waals surface area contributed by atoms with Crippen molar-refractivity contribution in [3.8, 4) is 0 Å². The van der Waals surface area contributed by atoms with E-state index in [9.17, 15) is 8.42 Å². The SMILES string of the molecule is O=S(=O)(c1cnccc1Cl)N1CCCC(N2CCCC2)C1. The molecule has 7 heteroatoms. The molecule has 3 heterocycles. The minimum absolute atomic E-state index is 0.119. The molecule has 3 rings (SSSR count). The highest BCUT2D eigenvalue weighted by Crippen LogP contribution is 2.28. The van der Waals surface area contributed by atoms with Gasteiger partial charge in [0.25, 0.3) is 0 Å². The summed E-state index contributed by atoms with van der Waals surface area (Å²) in [6.07, 6.45) is 7.27. The molecule has 116 valence electrons. The number of piperidine rings is 1. The van der Waals surface area contributed by atoms with Gasteiger partial charge >= 0.3 is 0 Å². The Hall–Kier alpha value is -0.690. The van der Waals surface area contributed by atoms with Crippen LogP contribution in [0.2, 0.25) is 5.02 Å². The molecule has 1 aromatic heterocycles. The summed E-state index contributed by atoms with van der Waals surface area (Å²) >= 11 is 6.04. The highest BCUT2D eigenvalue weighted by molar-refractivity contribution is 7.89. The topological polar surface area (TPSA) is 53.5 Å². The Bertz CT molecular complexity index is 602. The summed E-state index contributed by atoms with van der Waals surface area (Å²) in [6, 6.07) is 1.86. The number of rotatable bonds is 3. The summed E-state index contributed by atoms with van der Waals surface area (Å²) in [5.41, 5.74) is 0. The quantitative estimate of drug-likeness (QED) is 0.851. The van der Waals surface area contributed by atoms with E-state index in [-0.39, 0.29) is 9.92 Å². The van der Waals surface area contributed by atoms with Gasteiger partial charge < -0.3 is 0 Å². The first-order valence-corrected chi connectivity index (χ1v) is 9.24. The highest BCUT2D eigenvalue weighted by atomic mass is 35.5. The third-order valence-corrected chi connectivity index (χ3v) is 6.70. The zero-order valence-electron chi connectivity index (χ0n) is 11.9. The fraction of sp³-hybridized carbons (Fsp3) is 0.643. The monoisotopic (exact) mass is 329 g/mol. The summed E-state index contributed by atoms with van der Waals surface area (Å²) in [5, 5.41) is 0.244. The van der Waals surface area contributed by atoms with Crippen molar-refractivity contribution >= 4 is 21.6 Å². The van der Waals surface area contributed by atoms with E-state index in [4.69, 9.17) is 11.6 Å². The molecule has 1 atom stereocenters. The molecule has 1 unspecified atom stereocenters. The third-order valence-electron chi connectivity index (χ3n) is 4.37. The summed E-state index contributed by atoms with van der Waals surface area (Å²) in [7, 11) is -3.54. The Morgan fingerprint density at radius 1 is 1.19 bits per heavy atom. The fourth-order valence-corrected chi connectivity index (χ4v) is 5.16. The molecule has 2 aliphatic heterocycles. The number of hydrogen-bond acceptors (Lipinski definition) is 4. The van der Waals surface area contributed by atoms with Gasteiger partial charge in [-0.15, -0.1) is 0 Å². The van der Waals surface area contributed by atoms with Crippen molar-refractivity contribution in [1.29, 1.82) is 0 Å². The van der Waals surface area contributed by atoms with E-state index in [0.717, 1.165) is 25.9 Å². The van der Waals surface area contributed by atoms with Crippen LogP contribution in [-0.4, -0.2) is 54.8 Å². The molecule has 21 heavy (non-hydrogen) atoms. The molecule has 0 spiro atoms. The van der Waals surface area contributed by atoms with E-state index >= 15 is 0 Å². The van der Waals surface area contributed by atoms with Crippen LogP contribution in [0.15, 0.2) is 23.4 Å². The van der Waals surface area contributed by atoms with Crippen molar-refractivity contribution in [1.82, 2.24) is 14.2 Å². The molecular formula is C14H20ClN3O2S. The van der Waals surface area contributed by atoms with Gasteiger partial charge in [-0.05, 0) is 44.8 Å². The molecule has 0 amide bonds. The molecular weight excluding hydrogens is 310 g/mol. The van der Waals surface area contributed by atoms with Gasteiger partial charge in [0.1, 0.15) is 4.90 Å². The second-order valence-electron chi connectivity index (χ2n) is 5.71. The number of pyridine rings is 1. The van der Waals surface area contributed by atoms with Gasteiger partial charge in [-0.3, -0.25) is 9.88 Å². The molecule has 0 radical (unpaired) electrons. The molecule has 0 bridgehead atoms. The zero-order chi connectivity index (χ0) is 14.9. The Kier molecular flexibility index (Phi) is 4.49. The van der Waals surface area contributed by atoms with Gasteiger partial charge in [0, 0.05) is 31.5 Å². The summed E-state index contributed by atoms with van der Waals surface area (Å²) < 4.78 is 27.1. The Labute approximate surface area is 131 Å². The van der Waals surface area contributed by atoms with Crippen molar-refractivity contribution in [2.24, 2.45) is 0 Å². The number of sulfonamides is 1. The average molecular weight is 330 g/mol. The molecule has 0 aliphatic carbocycles. The van der Waals surface area contributed by atoms with Crippen LogP contribution in [0.1, 0.15) is 25.7 Å². The molecule has 0 N–H and O–H groups in total. The van der Waals surface area contributed by atoms with Gasteiger partial charge in [-0.25, -0.2) is 8.42 Å². The average Bonchev–Trinajstić information content (AvgIpc) is 3.02. The standard InChI is InChI=1S/C14H20ClN3O2S/c15-13-5-6-16-10-14(13)21(19,20)18-9-3-4-12(11-18)17-7-1-2-8-17/h5-6,10,12H,1-4,7-9,11H2. The first kappa shape index (κ1) is 15.2. The van der Waals surface area contributed by atoms with Gasteiger partial charge in [0.2, 0.25) is 10.0 Å². The van der Waals surface area contributed by atoms with Crippen LogP contribution in [-0.2, 0) is 10.0 Å². The lowest BCUT2D eigenvalue weighted by molar-refractivity contribution is 0.162. The molecule has 1 aromatic rings. The van der Waals surface area contributed by atoms with Crippen LogP contribution < -0.4 is 0 Å². The minimum Gasteiger partial charge on any atom is -0.299 e. The van der Waals surface area contributed by atoms with Crippen LogP contribution in [0.4, 0.5) is 0 Å². The van der Waals surface area contributed by atoms with Crippen LogP contribution in [0.25, 0.3) is 0 Å². The maximum Gasteiger partial charge on any atom is 0.246 e. The van der Waals surface area contributed by atoms with Gasteiger partial charge in [0.05, 0.1) is 5.02 Å². The first-order valence-electron chi connectivity index (χ1n) is 7.43. The Morgan fingerprint density at radius 2 is 1.95 bits per heavy atom. The molecule has 2 fully saturated rings. The molecule has 2 aliphatic rings. The maximum absolute atomic E-state index is 12.8. The van der Waals surface area contributed by atoms with Gasteiger partial charge in [-0.1, -0.05) is 11.6 Å². The predicted octanol–water partition coefficient (Wildman–Crippen LogP) is 1.98. The maximum atomic E-state index is 12.8. The van der Waals surface area contributed by atoms with Crippen molar-refractivity contribution in [3.05, 3.63) is 23.5 Å². The number of likely N-dealkylation sites (tertiary alicyclic amines) is 1. The second kappa shape index (κ2) is 6.20. The fourth-order valence-electron chi connectivity index (χ4n) is 3.24. The molecule has 0 aromatic carbocycles. The first-order chi connectivity index (χ1) is 10.1. The number of nitrogens with zero attached hydrogens (tertiary/aromatic N) is 3. The van der Waals surface area contributed by atoms with Crippen LogP contribution in [0.3, 0.4) is 0 Å². The number of hydrogen-bond donors (Lipinski definition) is 0. The Balaban J connectivity index is 1.80. The van der Waals surface area contributed by atoms with Gasteiger partial charge in [-0.2, -0.15) is 4.31 Å². The highest BCUT2D eigenvalue weighted by Gasteiger charge is 2.34. The van der Waals surface area contributed by atoms with Crippen LogP contribution >= 0.6 is 11.6 Å². The van der Waals surface area contributed by atoms with Crippen molar-refractivity contribution in [3.63, 3.8) is 0 Å². The third kappa shape index (κ3) is 3.08. The zero-order valence-corrected chi connectivity index (χ0v) is 13.5. The largest absolute Gasteiger partial charge is 0.299 e. The number of halogens is 1. The van der Waals surface area contributed by atoms with Crippen molar-refractivity contribution < 1.29 is 8.42 Å². The van der Waals surface area contributed by atoms with Crippen molar-refractivity contribution in [2.45, 2.75) is 36.6 Å². The van der Waals surface area contributed by atoms with E-state index in [0.29, 0.717) is 19.1 Å². The summed E-state index contributed by atoms with van der Waals surface area (Å²) in [4.78, 5) is 6.44. The second-order valence-corrected chi connectivity index (χ2v) is 8.02. The van der Waals surface area contributed by atoms with E-state index in [1.165, 1.54) is 31.3 Å². The summed E-state index contributed by atoms with van der Waals surface area (Å²) in [6.45, 7) is 3.31.